The molecule has 1 aliphatic carbocycles. The number of hydrogen-bond donors (Lipinski definition) is 3. The Morgan fingerprint density at radius 3 is 2.26 bits per heavy atom. The maximum Gasteiger partial charge on any atom is 0.221 e. The molecule has 1 amide bonds. The highest BCUT2D eigenvalue weighted by atomic mass is 16.5. The summed E-state index contributed by atoms with van der Waals surface area (Å²) in [6.07, 6.45) is 5.28. The van der Waals surface area contributed by atoms with Crippen LogP contribution in [0.5, 0.6) is 0 Å². The van der Waals surface area contributed by atoms with Crippen LogP contribution < -0.4 is 16.6 Å². The summed E-state index contributed by atoms with van der Waals surface area (Å²) in [7, 11) is 2.03. The third kappa shape index (κ3) is 6.86. The number of benzene rings is 1. The van der Waals surface area contributed by atoms with E-state index >= 15 is 0 Å². The molecule has 1 aromatic heterocycles. The van der Waals surface area contributed by atoms with Crippen molar-refractivity contribution in [1.29, 1.82) is 0 Å². The summed E-state index contributed by atoms with van der Waals surface area (Å²) in [6.45, 7) is 0. The maximum atomic E-state index is 10.3. The molecule has 3 rings (SSSR count). The second-order valence-corrected chi connectivity index (χ2v) is 4.80. The van der Waals surface area contributed by atoms with Crippen molar-refractivity contribution in [3.05, 3.63) is 42.2 Å². The fourth-order valence-corrected chi connectivity index (χ4v) is 1.79. The maximum absolute atomic E-state index is 10.3. The van der Waals surface area contributed by atoms with E-state index in [0.717, 1.165) is 11.6 Å². The van der Waals surface area contributed by atoms with Crippen LogP contribution in [0.1, 0.15) is 29.8 Å². The molecule has 1 saturated carbocycles. The SMILES string of the molecule is CNC1CCC1.NNC=O.O=Cc1cc(-c2ccccc2)no1. The van der Waals surface area contributed by atoms with E-state index < -0.39 is 0 Å². The molecule has 0 bridgehead atoms. The number of nitrogens with two attached hydrogens (primary N) is 1. The Morgan fingerprint density at radius 1 is 1.26 bits per heavy atom. The normalized spacial score (nSPS) is 12.6. The number of carbonyl (C=O) groups excluding carboxylic acids is 2. The van der Waals surface area contributed by atoms with Crippen molar-refractivity contribution in [2.24, 2.45) is 5.84 Å². The molecule has 124 valence electrons. The van der Waals surface area contributed by atoms with Crippen molar-refractivity contribution in [2.45, 2.75) is 25.3 Å². The van der Waals surface area contributed by atoms with Gasteiger partial charge in [-0.25, -0.2) is 5.84 Å². The average molecular weight is 318 g/mol. The summed E-state index contributed by atoms with van der Waals surface area (Å²) < 4.78 is 4.75. The summed E-state index contributed by atoms with van der Waals surface area (Å²) in [5.41, 5.74) is 3.38. The molecule has 0 spiro atoms. The first-order valence-electron chi connectivity index (χ1n) is 7.29. The molecule has 23 heavy (non-hydrogen) atoms. The number of hydrazine groups is 1. The molecule has 7 nitrogen and oxygen atoms in total. The molecule has 7 heteroatoms. The lowest BCUT2D eigenvalue weighted by atomic mass is 9.94. The first-order chi connectivity index (χ1) is 11.2. The zero-order valence-electron chi connectivity index (χ0n) is 13.1. The predicted octanol–water partition coefficient (Wildman–Crippen LogP) is 1.52. The summed E-state index contributed by atoms with van der Waals surface area (Å²) in [5.74, 6) is 4.66. The predicted molar refractivity (Wildman–Crippen MR) is 87.4 cm³/mol. The van der Waals surface area contributed by atoms with Gasteiger partial charge >= 0.3 is 0 Å². The zero-order valence-corrected chi connectivity index (χ0v) is 13.1. The van der Waals surface area contributed by atoms with Crippen molar-refractivity contribution in [2.75, 3.05) is 7.05 Å². The highest BCUT2D eigenvalue weighted by Crippen LogP contribution is 2.17. The van der Waals surface area contributed by atoms with E-state index in [9.17, 15) is 4.79 Å². The van der Waals surface area contributed by atoms with E-state index in [1.165, 1.54) is 19.3 Å². The zero-order chi connectivity index (χ0) is 16.9. The molecule has 0 atom stereocenters. The Labute approximate surface area is 135 Å². The Balaban J connectivity index is 0.000000220. The van der Waals surface area contributed by atoms with E-state index in [0.29, 0.717) is 18.4 Å². The van der Waals surface area contributed by atoms with Gasteiger partial charge in [-0.05, 0) is 19.9 Å². The van der Waals surface area contributed by atoms with Gasteiger partial charge in [-0.15, -0.1) is 0 Å². The lowest BCUT2D eigenvalue weighted by Gasteiger charge is -2.23. The monoisotopic (exact) mass is 318 g/mol. The Kier molecular flexibility index (Phi) is 8.95. The quantitative estimate of drug-likeness (QED) is 0.341. The van der Waals surface area contributed by atoms with Gasteiger partial charge in [0, 0.05) is 17.7 Å². The van der Waals surface area contributed by atoms with Crippen LogP contribution in [0, 0.1) is 0 Å². The molecule has 1 fully saturated rings. The number of nitrogens with one attached hydrogen (secondary N) is 2. The van der Waals surface area contributed by atoms with Crippen LogP contribution in [0.25, 0.3) is 11.3 Å². The molecule has 0 radical (unpaired) electrons. The number of aromatic nitrogens is 1. The van der Waals surface area contributed by atoms with E-state index in [1.807, 2.05) is 37.4 Å². The third-order valence-electron chi connectivity index (χ3n) is 3.30. The van der Waals surface area contributed by atoms with Crippen LogP contribution in [0.3, 0.4) is 0 Å². The molecule has 1 aliphatic rings. The van der Waals surface area contributed by atoms with Gasteiger partial charge in [0.1, 0.15) is 5.69 Å². The van der Waals surface area contributed by atoms with Gasteiger partial charge in [0.15, 0.2) is 12.0 Å². The van der Waals surface area contributed by atoms with E-state index in [1.54, 1.807) is 11.5 Å². The van der Waals surface area contributed by atoms with Crippen molar-refractivity contribution >= 4 is 12.7 Å². The first kappa shape index (κ1) is 18.5. The largest absolute Gasteiger partial charge is 0.353 e. The number of aldehydes is 1. The van der Waals surface area contributed by atoms with Crippen LogP contribution >= 0.6 is 0 Å². The van der Waals surface area contributed by atoms with Gasteiger partial charge in [-0.2, -0.15) is 0 Å². The third-order valence-corrected chi connectivity index (χ3v) is 3.30. The fourth-order valence-electron chi connectivity index (χ4n) is 1.79. The van der Waals surface area contributed by atoms with Crippen molar-refractivity contribution in [3.63, 3.8) is 0 Å². The average Bonchev–Trinajstić information content (AvgIpc) is 3.05. The fraction of sp³-hybridized carbons (Fsp3) is 0.312. The van der Waals surface area contributed by atoms with Crippen LogP contribution in [-0.2, 0) is 4.79 Å². The highest BCUT2D eigenvalue weighted by molar-refractivity contribution is 5.73. The van der Waals surface area contributed by atoms with Gasteiger partial charge in [0.25, 0.3) is 0 Å². The van der Waals surface area contributed by atoms with E-state index in [-0.39, 0.29) is 5.76 Å². The highest BCUT2D eigenvalue weighted by Gasteiger charge is 2.13. The summed E-state index contributed by atoms with van der Waals surface area (Å²) in [4.78, 5) is 19.3. The van der Waals surface area contributed by atoms with Crippen molar-refractivity contribution in [3.8, 4) is 11.3 Å². The second kappa shape index (κ2) is 11.1. The van der Waals surface area contributed by atoms with Crippen molar-refractivity contribution in [1.82, 2.24) is 15.9 Å². The molecule has 0 saturated heterocycles. The van der Waals surface area contributed by atoms with Crippen LogP contribution in [0.15, 0.2) is 40.9 Å². The van der Waals surface area contributed by atoms with Gasteiger partial charge in [-0.3, -0.25) is 15.0 Å². The number of nitrogens with zero attached hydrogens (tertiary/aromatic N) is 1. The van der Waals surface area contributed by atoms with Gasteiger partial charge in [0.05, 0.1) is 0 Å². The minimum atomic E-state index is 0.249. The molecular weight excluding hydrogens is 296 g/mol. The molecule has 1 aromatic carbocycles. The molecule has 0 aliphatic heterocycles. The van der Waals surface area contributed by atoms with E-state index in [2.05, 4.69) is 16.3 Å². The first-order valence-corrected chi connectivity index (χ1v) is 7.29. The summed E-state index contributed by atoms with van der Waals surface area (Å²) >= 11 is 0. The number of hydrogen-bond acceptors (Lipinski definition) is 6. The Bertz CT molecular complexity index is 565. The standard InChI is InChI=1S/C10H7NO2.C5H11N.CH4N2O/c12-7-9-6-10(11-13-9)8-4-2-1-3-5-8;1-6-5-3-2-4-5;2-3-1-4/h1-7H;5-6H,2-4H2,1H3;1H,2H2,(H,3,4). The topological polar surface area (TPSA) is 110 Å². The smallest absolute Gasteiger partial charge is 0.221 e. The summed E-state index contributed by atoms with van der Waals surface area (Å²) in [6, 6.07) is 12.0. The van der Waals surface area contributed by atoms with E-state index in [4.69, 9.17) is 9.32 Å². The van der Waals surface area contributed by atoms with Crippen molar-refractivity contribution < 1.29 is 14.1 Å². The number of carbonyl (C=O) groups is 2. The minimum Gasteiger partial charge on any atom is -0.353 e. The van der Waals surface area contributed by atoms with Crippen LogP contribution in [0.2, 0.25) is 0 Å². The molecule has 4 N–H and O–H groups in total. The molecule has 2 aromatic rings. The molecule has 0 unspecified atom stereocenters. The van der Waals surface area contributed by atoms with Gasteiger partial charge < -0.3 is 9.84 Å². The summed E-state index contributed by atoms with van der Waals surface area (Å²) in [5, 5.41) is 6.95. The Morgan fingerprint density at radius 2 is 1.91 bits per heavy atom. The Hall–Kier alpha value is -2.51. The number of amides is 1. The lowest BCUT2D eigenvalue weighted by molar-refractivity contribution is -0.109. The number of rotatable bonds is 4. The minimum absolute atomic E-state index is 0.249. The van der Waals surface area contributed by atoms with Gasteiger partial charge in [-0.1, -0.05) is 41.9 Å². The second-order valence-electron chi connectivity index (χ2n) is 4.80. The molecule has 1 heterocycles. The van der Waals surface area contributed by atoms with Gasteiger partial charge in [0.2, 0.25) is 6.41 Å². The van der Waals surface area contributed by atoms with Crippen LogP contribution in [0.4, 0.5) is 0 Å². The lowest BCUT2D eigenvalue weighted by Crippen LogP contribution is -2.31. The molecular formula is C16H22N4O3. The van der Waals surface area contributed by atoms with Crippen LogP contribution in [-0.4, -0.2) is 30.9 Å².